The first kappa shape index (κ1) is 24.9. The zero-order valence-corrected chi connectivity index (χ0v) is 18.9. The molecule has 28 heavy (non-hydrogen) atoms. The van der Waals surface area contributed by atoms with Gasteiger partial charge >= 0.3 is 0 Å². The number of hydrogen-bond acceptors (Lipinski definition) is 8. The molecule has 0 bridgehead atoms. The number of ether oxygens (including phenoxy) is 2. The Morgan fingerprint density at radius 2 is 1.29 bits per heavy atom. The van der Waals surface area contributed by atoms with Gasteiger partial charge in [0.05, 0.1) is 13.2 Å². The second-order valence-electron chi connectivity index (χ2n) is 5.68. The fraction of sp³-hybridized carbons (Fsp3) is 0.500. The molecule has 0 aliphatic heterocycles. The molecule has 0 saturated heterocycles. The number of aromatic nitrogens is 4. The summed E-state index contributed by atoms with van der Waals surface area (Å²) in [5.74, 6) is 1.01. The molecular weight excluding hydrogens is 450 g/mol. The third kappa shape index (κ3) is 10.4. The van der Waals surface area contributed by atoms with Crippen LogP contribution < -0.4 is 10.6 Å². The molecule has 0 aliphatic carbocycles. The molecule has 12 heteroatoms. The summed E-state index contributed by atoms with van der Waals surface area (Å²) in [5, 5.41) is 7.17. The van der Waals surface area contributed by atoms with Crippen LogP contribution in [0.3, 0.4) is 0 Å². The van der Waals surface area contributed by atoms with Crippen LogP contribution in [0.15, 0.2) is 12.1 Å². The van der Waals surface area contributed by atoms with Gasteiger partial charge in [0.1, 0.15) is 21.3 Å². The van der Waals surface area contributed by atoms with Crippen molar-refractivity contribution in [2.45, 2.75) is 25.9 Å². The summed E-state index contributed by atoms with van der Waals surface area (Å²) < 4.78 is 9.92. The monoisotopic (exact) mass is 470 g/mol. The highest BCUT2D eigenvalue weighted by atomic mass is 35.5. The molecule has 0 radical (unpaired) electrons. The van der Waals surface area contributed by atoms with E-state index in [0.717, 1.165) is 0 Å². The van der Waals surface area contributed by atoms with Crippen LogP contribution in [0.25, 0.3) is 0 Å². The molecule has 0 saturated carbocycles. The van der Waals surface area contributed by atoms with E-state index in [9.17, 15) is 0 Å². The molecule has 2 aromatic rings. The minimum Gasteiger partial charge on any atom is -0.383 e. The molecule has 2 aromatic heterocycles. The van der Waals surface area contributed by atoms with E-state index in [4.69, 9.17) is 55.9 Å². The van der Waals surface area contributed by atoms with E-state index in [0.29, 0.717) is 40.4 Å². The normalized spacial score (nSPS) is 12.6. The molecule has 2 heterocycles. The topological polar surface area (TPSA) is 94.1 Å². The van der Waals surface area contributed by atoms with Crippen LogP contribution >= 0.6 is 46.4 Å². The standard InChI is InChI=1S/2C8H11Cl2N3O/c1-5(4-14-2)11-7-3-6(9)12-8(10)13-7;1-5(4-14-2)11-8-12-6(9)3-7(10)13-8/h2*3,5H,4H2,1-2H3,(H,11,12,13)/t2*5-/m00/s1. The highest BCUT2D eigenvalue weighted by molar-refractivity contribution is 6.33. The van der Waals surface area contributed by atoms with Crippen LogP contribution in [-0.4, -0.2) is 59.5 Å². The van der Waals surface area contributed by atoms with Gasteiger partial charge in [-0.3, -0.25) is 0 Å². The van der Waals surface area contributed by atoms with Crippen LogP contribution in [0.5, 0.6) is 0 Å². The number of anilines is 2. The van der Waals surface area contributed by atoms with Crippen LogP contribution in [0.4, 0.5) is 11.8 Å². The molecule has 0 aromatic carbocycles. The van der Waals surface area contributed by atoms with Gasteiger partial charge in [0.25, 0.3) is 0 Å². The fourth-order valence-corrected chi connectivity index (χ4v) is 2.81. The average molecular weight is 472 g/mol. The minimum absolute atomic E-state index is 0.106. The number of halogens is 4. The lowest BCUT2D eigenvalue weighted by atomic mass is 10.3. The summed E-state index contributed by atoms with van der Waals surface area (Å²) in [6.45, 7) is 5.06. The van der Waals surface area contributed by atoms with Gasteiger partial charge in [-0.05, 0) is 25.4 Å². The van der Waals surface area contributed by atoms with Gasteiger partial charge in [0.2, 0.25) is 11.2 Å². The van der Waals surface area contributed by atoms with Gasteiger partial charge in [-0.1, -0.05) is 34.8 Å². The lowest BCUT2D eigenvalue weighted by molar-refractivity contribution is 0.190. The first-order valence-electron chi connectivity index (χ1n) is 8.14. The maximum atomic E-state index is 5.70. The maximum absolute atomic E-state index is 5.70. The highest BCUT2D eigenvalue weighted by Crippen LogP contribution is 2.15. The van der Waals surface area contributed by atoms with E-state index in [2.05, 4.69) is 30.6 Å². The van der Waals surface area contributed by atoms with Gasteiger partial charge in [-0.2, -0.15) is 0 Å². The van der Waals surface area contributed by atoms with Crippen molar-refractivity contribution in [2.75, 3.05) is 38.1 Å². The minimum atomic E-state index is 0.106. The smallest absolute Gasteiger partial charge is 0.225 e. The van der Waals surface area contributed by atoms with Crippen molar-refractivity contribution < 1.29 is 9.47 Å². The predicted octanol–water partition coefficient (Wildman–Crippen LogP) is 4.46. The number of nitrogens with zero attached hydrogens (tertiary/aromatic N) is 4. The number of hydrogen-bond donors (Lipinski definition) is 2. The third-order valence-corrected chi connectivity index (χ3v) is 3.68. The summed E-state index contributed by atoms with van der Waals surface area (Å²) in [6.07, 6.45) is 0. The lowest BCUT2D eigenvalue weighted by Gasteiger charge is -2.13. The largest absolute Gasteiger partial charge is 0.383 e. The van der Waals surface area contributed by atoms with Crippen molar-refractivity contribution in [3.63, 3.8) is 0 Å². The van der Waals surface area contributed by atoms with Crippen LogP contribution in [0.1, 0.15) is 13.8 Å². The second-order valence-corrected chi connectivity index (χ2v) is 7.18. The van der Waals surface area contributed by atoms with Gasteiger partial charge in [-0.15, -0.1) is 0 Å². The van der Waals surface area contributed by atoms with E-state index in [1.54, 1.807) is 20.3 Å². The third-order valence-electron chi connectivity index (χ3n) is 2.93. The Morgan fingerprint density at radius 1 is 0.786 bits per heavy atom. The second kappa shape index (κ2) is 13.1. The lowest BCUT2D eigenvalue weighted by Crippen LogP contribution is -2.22. The Bertz CT molecular complexity index is 638. The van der Waals surface area contributed by atoms with E-state index in [1.807, 2.05) is 13.8 Å². The first-order chi connectivity index (χ1) is 13.2. The quantitative estimate of drug-likeness (QED) is 0.430. The van der Waals surface area contributed by atoms with Crippen molar-refractivity contribution in [1.82, 2.24) is 19.9 Å². The summed E-state index contributed by atoms with van der Waals surface area (Å²) in [6, 6.07) is 3.34. The van der Waals surface area contributed by atoms with Gasteiger partial charge in [0, 0.05) is 38.4 Å². The summed E-state index contributed by atoms with van der Waals surface area (Å²) in [7, 11) is 3.27. The fourth-order valence-electron chi connectivity index (χ4n) is 1.97. The van der Waals surface area contributed by atoms with Crippen molar-refractivity contribution in [3.8, 4) is 0 Å². The molecular formula is C16H22Cl4N6O2. The summed E-state index contributed by atoms with van der Waals surface area (Å²) in [5.41, 5.74) is 0. The molecule has 2 rings (SSSR count). The molecule has 0 fully saturated rings. The zero-order valence-electron chi connectivity index (χ0n) is 15.8. The Balaban J connectivity index is 0.000000280. The molecule has 2 atom stereocenters. The number of nitrogens with one attached hydrogen (secondary N) is 2. The van der Waals surface area contributed by atoms with Gasteiger partial charge < -0.3 is 20.1 Å². The van der Waals surface area contributed by atoms with Crippen LogP contribution in [-0.2, 0) is 9.47 Å². The first-order valence-corrected chi connectivity index (χ1v) is 9.65. The summed E-state index contributed by atoms with van der Waals surface area (Å²) >= 11 is 22.7. The van der Waals surface area contributed by atoms with Crippen LogP contribution in [0.2, 0.25) is 20.7 Å². The molecule has 0 spiro atoms. The molecule has 0 unspecified atom stereocenters. The maximum Gasteiger partial charge on any atom is 0.225 e. The van der Waals surface area contributed by atoms with E-state index < -0.39 is 0 Å². The van der Waals surface area contributed by atoms with Gasteiger partial charge in [0.15, 0.2) is 0 Å². The molecule has 0 amide bonds. The van der Waals surface area contributed by atoms with Crippen molar-refractivity contribution >= 4 is 58.2 Å². The Morgan fingerprint density at radius 3 is 1.79 bits per heavy atom. The number of rotatable bonds is 8. The SMILES string of the molecule is COC[C@H](C)Nc1cc(Cl)nc(Cl)n1.COC[C@H](C)Nc1nc(Cl)cc(Cl)n1. The van der Waals surface area contributed by atoms with Crippen molar-refractivity contribution in [3.05, 3.63) is 32.9 Å². The number of methoxy groups -OCH3 is 2. The molecule has 8 nitrogen and oxygen atoms in total. The average Bonchev–Trinajstić information content (AvgIpc) is 2.53. The molecule has 0 aliphatic rings. The predicted molar refractivity (Wildman–Crippen MR) is 114 cm³/mol. The van der Waals surface area contributed by atoms with E-state index in [1.165, 1.54) is 6.07 Å². The summed E-state index contributed by atoms with van der Waals surface area (Å²) in [4.78, 5) is 15.6. The van der Waals surface area contributed by atoms with Crippen molar-refractivity contribution in [2.24, 2.45) is 0 Å². The Hall–Kier alpha value is -1.16. The highest BCUT2D eigenvalue weighted by Gasteiger charge is 2.06. The molecule has 156 valence electrons. The Kier molecular flexibility index (Phi) is 11.7. The van der Waals surface area contributed by atoms with Crippen molar-refractivity contribution in [1.29, 1.82) is 0 Å². The van der Waals surface area contributed by atoms with E-state index >= 15 is 0 Å². The Labute approximate surface area is 184 Å². The van der Waals surface area contributed by atoms with Crippen LogP contribution in [0, 0.1) is 0 Å². The molecule has 2 N–H and O–H groups in total. The van der Waals surface area contributed by atoms with Gasteiger partial charge in [-0.25, -0.2) is 19.9 Å². The van der Waals surface area contributed by atoms with E-state index in [-0.39, 0.29) is 17.4 Å². The zero-order chi connectivity index (χ0) is 21.1.